The molecule has 13 heavy (non-hydrogen) atoms. The summed E-state index contributed by atoms with van der Waals surface area (Å²) in [7, 11) is -1.89. The molecule has 6 heteroatoms. The monoisotopic (exact) mass is 199 g/mol. The molecule has 0 spiro atoms. The van der Waals surface area contributed by atoms with E-state index in [9.17, 15) is 8.42 Å². The van der Waals surface area contributed by atoms with Gasteiger partial charge in [0.15, 0.2) is 9.84 Å². The molecule has 0 aromatic carbocycles. The van der Waals surface area contributed by atoms with Crippen LogP contribution in [-0.4, -0.2) is 23.4 Å². The second-order valence-corrected chi connectivity index (χ2v) is 4.93. The summed E-state index contributed by atoms with van der Waals surface area (Å²) >= 11 is 0. The fraction of sp³-hybridized carbons (Fsp3) is 0.429. The van der Waals surface area contributed by atoms with Crippen LogP contribution in [0, 0.1) is 11.3 Å². The minimum atomic E-state index is -3.51. The zero-order chi connectivity index (χ0) is 10.1. The Kier molecular flexibility index (Phi) is 2.38. The summed E-state index contributed by atoms with van der Waals surface area (Å²) in [5, 5.41) is 11.2. The van der Waals surface area contributed by atoms with Crippen LogP contribution in [0.15, 0.2) is 17.3 Å². The fourth-order valence-electron chi connectivity index (χ4n) is 0.819. The van der Waals surface area contributed by atoms with Crippen LogP contribution < -0.4 is 0 Å². The molecular weight excluding hydrogens is 190 g/mol. The maximum absolute atomic E-state index is 11.5. The van der Waals surface area contributed by atoms with Crippen LogP contribution >= 0.6 is 0 Å². The van der Waals surface area contributed by atoms with E-state index in [4.69, 9.17) is 5.26 Å². The van der Waals surface area contributed by atoms with Crippen molar-refractivity contribution in [2.45, 2.75) is 17.1 Å². The molecule has 5 nitrogen and oxygen atoms in total. The van der Waals surface area contributed by atoms with Gasteiger partial charge in [-0.3, -0.25) is 4.68 Å². The van der Waals surface area contributed by atoms with Crippen LogP contribution in [0.25, 0.3) is 0 Å². The molecule has 0 aliphatic heterocycles. The van der Waals surface area contributed by atoms with E-state index < -0.39 is 15.1 Å². The molecule has 1 aromatic rings. The van der Waals surface area contributed by atoms with Crippen molar-refractivity contribution >= 4 is 9.84 Å². The molecule has 0 saturated carbocycles. The van der Waals surface area contributed by atoms with Crippen molar-refractivity contribution in [3.05, 3.63) is 12.4 Å². The van der Waals surface area contributed by atoms with Gasteiger partial charge in [-0.2, -0.15) is 10.4 Å². The summed E-state index contributed by atoms with van der Waals surface area (Å²) < 4.78 is 24.4. The second-order valence-electron chi connectivity index (χ2n) is 2.67. The summed E-state index contributed by atoms with van der Waals surface area (Å²) in [6, 6.07) is 1.69. The highest BCUT2D eigenvalue weighted by Gasteiger charge is 2.23. The van der Waals surface area contributed by atoms with E-state index >= 15 is 0 Å². The Morgan fingerprint density at radius 1 is 1.69 bits per heavy atom. The van der Waals surface area contributed by atoms with Gasteiger partial charge in [-0.05, 0) is 6.92 Å². The molecule has 0 saturated heterocycles. The normalized spacial score (nSPS) is 13.6. The van der Waals surface area contributed by atoms with Crippen molar-refractivity contribution in [2.24, 2.45) is 7.05 Å². The number of hydrogen-bond acceptors (Lipinski definition) is 4. The summed E-state index contributed by atoms with van der Waals surface area (Å²) in [5.41, 5.74) is 0. The molecule has 0 fully saturated rings. The number of rotatable bonds is 2. The van der Waals surface area contributed by atoms with Crippen molar-refractivity contribution in [1.29, 1.82) is 5.26 Å². The van der Waals surface area contributed by atoms with Crippen molar-refractivity contribution in [3.63, 3.8) is 0 Å². The van der Waals surface area contributed by atoms with Crippen LogP contribution in [0.1, 0.15) is 6.92 Å². The molecule has 0 N–H and O–H groups in total. The van der Waals surface area contributed by atoms with E-state index in [1.54, 1.807) is 13.1 Å². The highest BCUT2D eigenvalue weighted by atomic mass is 32.2. The van der Waals surface area contributed by atoms with Gasteiger partial charge in [-0.15, -0.1) is 0 Å². The molecule has 0 aliphatic carbocycles. The molecule has 70 valence electrons. The molecule has 0 amide bonds. The highest BCUT2D eigenvalue weighted by Crippen LogP contribution is 2.13. The first kappa shape index (κ1) is 9.74. The number of hydrogen-bond donors (Lipinski definition) is 0. The highest BCUT2D eigenvalue weighted by molar-refractivity contribution is 7.92. The maximum atomic E-state index is 11.5. The lowest BCUT2D eigenvalue weighted by atomic mass is 10.5. The first-order valence-electron chi connectivity index (χ1n) is 3.60. The predicted octanol–water partition coefficient (Wildman–Crippen LogP) is 0.106. The number of aryl methyl sites for hydroxylation is 1. The molecular formula is C7H9N3O2S. The molecule has 1 heterocycles. The standard InChI is InChI=1S/C7H9N3O2S/c1-6(3-8)13(11,12)7-4-9-10(2)5-7/h4-6H,1-2H3. The molecule has 1 rings (SSSR count). The molecule has 1 atom stereocenters. The Hall–Kier alpha value is -1.35. The fourth-order valence-corrected chi connectivity index (χ4v) is 1.86. The minimum Gasteiger partial charge on any atom is -0.274 e. The van der Waals surface area contributed by atoms with Gasteiger partial charge < -0.3 is 0 Å². The van der Waals surface area contributed by atoms with Crippen molar-refractivity contribution in [2.75, 3.05) is 0 Å². The molecule has 1 unspecified atom stereocenters. The lowest BCUT2D eigenvalue weighted by molar-refractivity contribution is 0.591. The number of nitrogens with zero attached hydrogens (tertiary/aromatic N) is 3. The maximum Gasteiger partial charge on any atom is 0.197 e. The summed E-state index contributed by atoms with van der Waals surface area (Å²) in [4.78, 5) is 0.0871. The molecule has 0 bridgehead atoms. The molecule has 0 aliphatic rings. The lowest BCUT2D eigenvalue weighted by Gasteiger charge is -2.00. The third-order valence-corrected chi connectivity index (χ3v) is 3.56. The number of nitriles is 1. The minimum absolute atomic E-state index is 0.0871. The topological polar surface area (TPSA) is 75.8 Å². The summed E-state index contributed by atoms with van der Waals surface area (Å²) in [5.74, 6) is 0. The Morgan fingerprint density at radius 3 is 2.69 bits per heavy atom. The van der Waals surface area contributed by atoms with E-state index in [0.29, 0.717) is 0 Å². The van der Waals surface area contributed by atoms with Crippen LogP contribution in [0.2, 0.25) is 0 Å². The van der Waals surface area contributed by atoms with Crippen LogP contribution in [0.5, 0.6) is 0 Å². The van der Waals surface area contributed by atoms with E-state index in [0.717, 1.165) is 0 Å². The zero-order valence-corrected chi connectivity index (χ0v) is 8.11. The average Bonchev–Trinajstić information content (AvgIpc) is 2.50. The number of aromatic nitrogens is 2. The van der Waals surface area contributed by atoms with Gasteiger partial charge in [0.1, 0.15) is 10.1 Å². The third kappa shape index (κ3) is 1.70. The Bertz CT molecular complexity index is 441. The first-order chi connectivity index (χ1) is 5.98. The van der Waals surface area contributed by atoms with Crippen LogP contribution in [0.4, 0.5) is 0 Å². The largest absolute Gasteiger partial charge is 0.274 e. The van der Waals surface area contributed by atoms with Gasteiger partial charge in [0.2, 0.25) is 0 Å². The van der Waals surface area contributed by atoms with Gasteiger partial charge in [0.05, 0.1) is 12.3 Å². The Morgan fingerprint density at radius 2 is 2.31 bits per heavy atom. The van der Waals surface area contributed by atoms with Gasteiger partial charge in [-0.25, -0.2) is 8.42 Å². The predicted molar refractivity (Wildman–Crippen MR) is 45.5 cm³/mol. The van der Waals surface area contributed by atoms with Gasteiger partial charge in [-0.1, -0.05) is 0 Å². The second kappa shape index (κ2) is 3.18. The lowest BCUT2D eigenvalue weighted by Crippen LogP contribution is -2.15. The molecule has 1 aromatic heterocycles. The van der Waals surface area contributed by atoms with E-state index in [-0.39, 0.29) is 4.90 Å². The van der Waals surface area contributed by atoms with Crippen molar-refractivity contribution in [3.8, 4) is 6.07 Å². The smallest absolute Gasteiger partial charge is 0.197 e. The number of sulfone groups is 1. The van der Waals surface area contributed by atoms with Crippen LogP contribution in [-0.2, 0) is 16.9 Å². The van der Waals surface area contributed by atoms with Crippen molar-refractivity contribution < 1.29 is 8.42 Å². The summed E-state index contributed by atoms with van der Waals surface area (Å²) in [6.07, 6.45) is 2.62. The third-order valence-electron chi connectivity index (χ3n) is 1.66. The first-order valence-corrected chi connectivity index (χ1v) is 5.15. The Balaban J connectivity index is 3.17. The average molecular weight is 199 g/mol. The molecule has 0 radical (unpaired) electrons. The van der Waals surface area contributed by atoms with E-state index in [1.807, 2.05) is 0 Å². The van der Waals surface area contributed by atoms with Crippen molar-refractivity contribution in [1.82, 2.24) is 9.78 Å². The zero-order valence-electron chi connectivity index (χ0n) is 7.30. The quantitative estimate of drug-likeness (QED) is 0.677. The van der Waals surface area contributed by atoms with Gasteiger partial charge in [0.25, 0.3) is 0 Å². The SMILES string of the molecule is CC(C#N)S(=O)(=O)c1cnn(C)c1. The van der Waals surface area contributed by atoms with E-state index in [2.05, 4.69) is 5.10 Å². The Labute approximate surface area is 76.5 Å². The van der Waals surface area contributed by atoms with Crippen LogP contribution in [0.3, 0.4) is 0 Å². The van der Waals surface area contributed by atoms with E-state index in [1.165, 1.54) is 24.0 Å². The van der Waals surface area contributed by atoms with Gasteiger partial charge in [0, 0.05) is 13.2 Å². The van der Waals surface area contributed by atoms with Gasteiger partial charge >= 0.3 is 0 Å². The summed E-state index contributed by atoms with van der Waals surface area (Å²) in [6.45, 7) is 1.35.